The minimum Gasteiger partial charge on any atom is -0.336 e. The van der Waals surface area contributed by atoms with Gasteiger partial charge in [0.05, 0.1) is 9.77 Å². The van der Waals surface area contributed by atoms with Gasteiger partial charge in [-0.1, -0.05) is 29.8 Å². The molecular weight excluding hydrogens is 480 g/mol. The summed E-state index contributed by atoms with van der Waals surface area (Å²) in [7, 11) is -3.79. The van der Waals surface area contributed by atoms with Crippen molar-refractivity contribution < 1.29 is 13.2 Å². The number of nitrogens with two attached hydrogens (primary N) is 1. The molecule has 1 aliphatic carbocycles. The molecule has 7 nitrogen and oxygen atoms in total. The molecule has 33 heavy (non-hydrogen) atoms. The van der Waals surface area contributed by atoms with Gasteiger partial charge in [0.25, 0.3) is 5.91 Å². The number of benzene rings is 2. The number of hydrogen-bond donors (Lipinski definition) is 1. The molecule has 6 rings (SSSR count). The predicted molar refractivity (Wildman–Crippen MR) is 129 cm³/mol. The average Bonchev–Trinajstić information content (AvgIpc) is 3.18. The molecule has 0 radical (unpaired) electrons. The number of hydrogen-bond acceptors (Lipinski definition) is 6. The molecule has 2 N–H and O–H groups in total. The number of aromatic nitrogens is 1. The Hall–Kier alpha value is -2.46. The molecule has 2 atom stereocenters. The van der Waals surface area contributed by atoms with E-state index in [2.05, 4.69) is 4.90 Å². The standard InChI is InChI=1S/C23H21ClN4O3S2/c24-18-2-1-3-19-17(18)8-9-28(19)21-20(13-4-6-16(7-5-13)33(25,30)31)32-22(26-21)23(29)27-11-14-10-15(14)12-27/h1-7,14-15H,8-12H2,(H2,25,30,31). The molecule has 1 saturated heterocycles. The van der Waals surface area contributed by atoms with Crippen molar-refractivity contribution in [3.05, 3.63) is 58.1 Å². The van der Waals surface area contributed by atoms with Crippen molar-refractivity contribution in [2.45, 2.75) is 17.7 Å². The molecule has 2 fully saturated rings. The first-order chi connectivity index (χ1) is 15.8. The Labute approximate surface area is 200 Å². The minimum atomic E-state index is -3.79. The van der Waals surface area contributed by atoms with Crippen molar-refractivity contribution in [2.75, 3.05) is 24.5 Å². The number of rotatable bonds is 4. The number of carbonyl (C=O) groups excluding carboxylic acids is 1. The third-order valence-corrected chi connectivity index (χ3v) is 9.09. The Kier molecular flexibility index (Phi) is 4.81. The predicted octanol–water partition coefficient (Wildman–Crippen LogP) is 3.90. The van der Waals surface area contributed by atoms with Gasteiger partial charge in [0.15, 0.2) is 10.8 Å². The van der Waals surface area contributed by atoms with Crippen molar-refractivity contribution in [1.29, 1.82) is 0 Å². The van der Waals surface area contributed by atoms with Crippen LogP contribution in [0.2, 0.25) is 5.02 Å². The summed E-state index contributed by atoms with van der Waals surface area (Å²) in [5, 5.41) is 6.43. The van der Waals surface area contributed by atoms with Gasteiger partial charge in [-0.25, -0.2) is 18.5 Å². The van der Waals surface area contributed by atoms with Gasteiger partial charge in [0.2, 0.25) is 10.0 Å². The number of halogens is 1. The van der Waals surface area contributed by atoms with Crippen LogP contribution >= 0.6 is 22.9 Å². The Morgan fingerprint density at radius 1 is 1.12 bits per heavy atom. The first-order valence-corrected chi connectivity index (χ1v) is 13.5. The maximum atomic E-state index is 13.2. The minimum absolute atomic E-state index is 0.0358. The number of thiazole rings is 1. The van der Waals surface area contributed by atoms with E-state index in [4.69, 9.17) is 21.7 Å². The fourth-order valence-corrected chi connectivity index (χ4v) is 6.70. The van der Waals surface area contributed by atoms with Crippen LogP contribution in [0.4, 0.5) is 11.5 Å². The van der Waals surface area contributed by atoms with Crippen LogP contribution in [-0.4, -0.2) is 43.8 Å². The number of sulfonamides is 1. The van der Waals surface area contributed by atoms with Gasteiger partial charge in [-0.3, -0.25) is 4.79 Å². The molecular formula is C23H21ClN4O3S2. The van der Waals surface area contributed by atoms with Gasteiger partial charge in [-0.15, -0.1) is 11.3 Å². The summed E-state index contributed by atoms with van der Waals surface area (Å²) in [6.45, 7) is 2.31. The van der Waals surface area contributed by atoms with E-state index in [1.807, 2.05) is 23.1 Å². The first kappa shape index (κ1) is 21.1. The van der Waals surface area contributed by atoms with E-state index < -0.39 is 10.0 Å². The highest BCUT2D eigenvalue weighted by Crippen LogP contribution is 2.47. The van der Waals surface area contributed by atoms with E-state index in [1.54, 1.807) is 12.1 Å². The van der Waals surface area contributed by atoms with E-state index >= 15 is 0 Å². The lowest BCUT2D eigenvalue weighted by Crippen LogP contribution is -2.30. The molecule has 2 aliphatic heterocycles. The Morgan fingerprint density at radius 3 is 2.55 bits per heavy atom. The second kappa shape index (κ2) is 7.53. The molecule has 0 spiro atoms. The van der Waals surface area contributed by atoms with Crippen LogP contribution in [-0.2, 0) is 16.4 Å². The smallest absolute Gasteiger partial charge is 0.282 e. The van der Waals surface area contributed by atoms with Crippen LogP contribution in [0.3, 0.4) is 0 Å². The fourth-order valence-electron chi connectivity index (χ4n) is 4.88. The molecule has 1 saturated carbocycles. The van der Waals surface area contributed by atoms with Crippen LogP contribution in [0.5, 0.6) is 0 Å². The summed E-state index contributed by atoms with van der Waals surface area (Å²) < 4.78 is 23.4. The summed E-state index contributed by atoms with van der Waals surface area (Å²) in [6, 6.07) is 12.2. The van der Waals surface area contributed by atoms with E-state index in [1.165, 1.54) is 29.9 Å². The zero-order valence-corrected chi connectivity index (χ0v) is 20.0. The zero-order valence-electron chi connectivity index (χ0n) is 17.6. The van der Waals surface area contributed by atoms with Crippen LogP contribution in [0.15, 0.2) is 47.4 Å². The summed E-state index contributed by atoms with van der Waals surface area (Å²) >= 11 is 7.77. The lowest BCUT2D eigenvalue weighted by molar-refractivity contribution is 0.0775. The molecule has 170 valence electrons. The van der Waals surface area contributed by atoms with E-state index in [9.17, 15) is 13.2 Å². The molecule has 2 aromatic carbocycles. The Morgan fingerprint density at radius 2 is 1.85 bits per heavy atom. The number of nitrogens with zero attached hydrogens (tertiary/aromatic N) is 3. The molecule has 1 amide bonds. The zero-order chi connectivity index (χ0) is 22.9. The van der Waals surface area contributed by atoms with Gasteiger partial charge in [0, 0.05) is 30.3 Å². The average molecular weight is 501 g/mol. The van der Waals surface area contributed by atoms with Gasteiger partial charge >= 0.3 is 0 Å². The monoisotopic (exact) mass is 500 g/mol. The lowest BCUT2D eigenvalue weighted by Gasteiger charge is -2.19. The second-order valence-corrected chi connectivity index (χ2v) is 11.8. The van der Waals surface area contributed by atoms with Crippen molar-refractivity contribution in [1.82, 2.24) is 9.88 Å². The van der Waals surface area contributed by atoms with Gasteiger partial charge in [-0.2, -0.15) is 0 Å². The first-order valence-electron chi connectivity index (χ1n) is 10.8. The van der Waals surface area contributed by atoms with Crippen molar-refractivity contribution in [2.24, 2.45) is 17.0 Å². The molecule has 3 heterocycles. The highest BCUT2D eigenvalue weighted by Gasteiger charge is 2.47. The third-order valence-electron chi connectivity index (χ3n) is 6.73. The number of amides is 1. The molecule has 3 aliphatic rings. The SMILES string of the molecule is NS(=O)(=O)c1ccc(-c2sc(C(=O)N3CC4CC4C3)nc2N2CCc3c(Cl)cccc32)cc1. The molecule has 3 aromatic rings. The van der Waals surface area contributed by atoms with Crippen molar-refractivity contribution in [3.63, 3.8) is 0 Å². The molecule has 2 unspecified atom stereocenters. The van der Waals surface area contributed by atoms with Crippen LogP contribution in [0.25, 0.3) is 10.4 Å². The highest BCUT2D eigenvalue weighted by atomic mass is 35.5. The maximum Gasteiger partial charge on any atom is 0.282 e. The number of primary sulfonamides is 1. The van der Waals surface area contributed by atoms with Crippen molar-refractivity contribution >= 4 is 50.4 Å². The van der Waals surface area contributed by atoms with Gasteiger partial charge in [0.1, 0.15) is 0 Å². The maximum absolute atomic E-state index is 13.2. The second-order valence-electron chi connectivity index (χ2n) is 8.85. The number of piperidine rings is 1. The third kappa shape index (κ3) is 3.63. The topological polar surface area (TPSA) is 96.6 Å². The number of carbonyl (C=O) groups is 1. The number of likely N-dealkylation sites (tertiary alicyclic amines) is 1. The van der Waals surface area contributed by atoms with E-state index in [-0.39, 0.29) is 10.8 Å². The Balaban J connectivity index is 1.43. The lowest BCUT2D eigenvalue weighted by atomic mass is 10.1. The quantitative estimate of drug-likeness (QED) is 0.586. The molecule has 0 bridgehead atoms. The summed E-state index contributed by atoms with van der Waals surface area (Å²) in [4.78, 5) is 22.9. The highest BCUT2D eigenvalue weighted by molar-refractivity contribution is 7.89. The summed E-state index contributed by atoms with van der Waals surface area (Å²) in [5.41, 5.74) is 2.83. The van der Waals surface area contributed by atoms with Crippen LogP contribution in [0, 0.1) is 11.8 Å². The normalized spacial score (nSPS) is 21.3. The van der Waals surface area contributed by atoms with Crippen LogP contribution in [0.1, 0.15) is 21.8 Å². The van der Waals surface area contributed by atoms with Crippen molar-refractivity contribution in [3.8, 4) is 10.4 Å². The van der Waals surface area contributed by atoms with Gasteiger partial charge < -0.3 is 9.80 Å². The molecule has 10 heteroatoms. The summed E-state index contributed by atoms with van der Waals surface area (Å²) in [5.74, 6) is 1.95. The molecule has 1 aromatic heterocycles. The van der Waals surface area contributed by atoms with E-state index in [0.717, 1.165) is 46.2 Å². The summed E-state index contributed by atoms with van der Waals surface area (Å²) in [6.07, 6.45) is 2.01. The number of fused-ring (bicyclic) bond motifs is 2. The van der Waals surface area contributed by atoms with E-state index in [0.29, 0.717) is 29.2 Å². The van der Waals surface area contributed by atoms with Crippen LogP contribution < -0.4 is 10.0 Å². The van der Waals surface area contributed by atoms with Gasteiger partial charge in [-0.05, 0) is 60.1 Å². The largest absolute Gasteiger partial charge is 0.336 e. The Bertz CT molecular complexity index is 1380. The number of anilines is 2. The fraction of sp³-hybridized carbons (Fsp3) is 0.304.